The van der Waals surface area contributed by atoms with E-state index in [4.69, 9.17) is 0 Å². The number of benzene rings is 2. The number of aryl methyl sites for hydroxylation is 3. The summed E-state index contributed by atoms with van der Waals surface area (Å²) in [6, 6.07) is 11.3. The minimum absolute atomic E-state index is 0.0461. The number of hydrogen-bond donors (Lipinski definition) is 1. The summed E-state index contributed by atoms with van der Waals surface area (Å²) in [6.07, 6.45) is 1.95. The molecular weight excluding hydrogens is 262 g/mol. The summed E-state index contributed by atoms with van der Waals surface area (Å²) in [5, 5.41) is 9.98. The van der Waals surface area contributed by atoms with E-state index in [0.717, 1.165) is 24.1 Å². The van der Waals surface area contributed by atoms with Gasteiger partial charge in [-0.2, -0.15) is 0 Å². The quantitative estimate of drug-likeness (QED) is 0.867. The molecular formula is C18H19NO2. The van der Waals surface area contributed by atoms with Crippen LogP contribution in [-0.2, 0) is 6.42 Å². The smallest absolute Gasteiger partial charge is 0.262 e. The van der Waals surface area contributed by atoms with Crippen LogP contribution in [0.1, 0.15) is 33.5 Å². The van der Waals surface area contributed by atoms with E-state index < -0.39 is 0 Å². The Labute approximate surface area is 124 Å². The van der Waals surface area contributed by atoms with Gasteiger partial charge in [-0.15, -0.1) is 0 Å². The molecule has 0 bridgehead atoms. The SMILES string of the molecule is Cc1ccc2c(c1)CCCN2C(=O)c1cc(C)ccc1O. The molecule has 21 heavy (non-hydrogen) atoms. The van der Waals surface area contributed by atoms with Crippen molar-refractivity contribution in [1.82, 2.24) is 0 Å². The lowest BCUT2D eigenvalue weighted by molar-refractivity contribution is 0.0982. The average molecular weight is 281 g/mol. The Bertz CT molecular complexity index is 706. The number of phenols is 1. The average Bonchev–Trinajstić information content (AvgIpc) is 2.48. The minimum Gasteiger partial charge on any atom is -0.507 e. The molecule has 108 valence electrons. The maximum Gasteiger partial charge on any atom is 0.262 e. The van der Waals surface area contributed by atoms with Gasteiger partial charge in [0.15, 0.2) is 0 Å². The molecule has 0 saturated heterocycles. The van der Waals surface area contributed by atoms with Crippen molar-refractivity contribution in [3.05, 3.63) is 58.7 Å². The molecule has 0 atom stereocenters. The van der Waals surface area contributed by atoms with E-state index >= 15 is 0 Å². The molecule has 2 aromatic rings. The second-order valence-corrected chi connectivity index (χ2v) is 5.71. The van der Waals surface area contributed by atoms with E-state index in [1.165, 1.54) is 11.1 Å². The zero-order chi connectivity index (χ0) is 15.0. The highest BCUT2D eigenvalue weighted by Gasteiger charge is 2.25. The molecule has 0 fully saturated rings. The molecule has 3 heteroatoms. The Morgan fingerprint density at radius 2 is 1.81 bits per heavy atom. The lowest BCUT2D eigenvalue weighted by atomic mass is 9.98. The number of nitrogens with zero attached hydrogens (tertiary/aromatic N) is 1. The zero-order valence-corrected chi connectivity index (χ0v) is 12.4. The van der Waals surface area contributed by atoms with Crippen LogP contribution in [0, 0.1) is 13.8 Å². The first kappa shape index (κ1) is 13.7. The van der Waals surface area contributed by atoms with Gasteiger partial charge >= 0.3 is 0 Å². The number of carbonyl (C=O) groups is 1. The van der Waals surface area contributed by atoms with Gasteiger partial charge in [-0.05, 0) is 50.5 Å². The highest BCUT2D eigenvalue weighted by Crippen LogP contribution is 2.31. The van der Waals surface area contributed by atoms with Crippen LogP contribution >= 0.6 is 0 Å². The van der Waals surface area contributed by atoms with Crippen LogP contribution in [0.4, 0.5) is 5.69 Å². The lowest BCUT2D eigenvalue weighted by Crippen LogP contribution is -2.35. The number of hydrogen-bond acceptors (Lipinski definition) is 2. The van der Waals surface area contributed by atoms with E-state index in [-0.39, 0.29) is 11.7 Å². The lowest BCUT2D eigenvalue weighted by Gasteiger charge is -2.30. The van der Waals surface area contributed by atoms with Gasteiger partial charge in [0.2, 0.25) is 0 Å². The van der Waals surface area contributed by atoms with Gasteiger partial charge in [0.1, 0.15) is 5.75 Å². The minimum atomic E-state index is -0.124. The van der Waals surface area contributed by atoms with Crippen molar-refractivity contribution >= 4 is 11.6 Å². The molecule has 0 radical (unpaired) electrons. The van der Waals surface area contributed by atoms with Gasteiger partial charge in [0.05, 0.1) is 5.56 Å². The fourth-order valence-corrected chi connectivity index (χ4v) is 2.90. The Morgan fingerprint density at radius 1 is 1.10 bits per heavy atom. The molecule has 2 aromatic carbocycles. The van der Waals surface area contributed by atoms with Crippen molar-refractivity contribution in [3.63, 3.8) is 0 Å². The monoisotopic (exact) mass is 281 g/mol. The number of rotatable bonds is 1. The second kappa shape index (κ2) is 5.24. The fraction of sp³-hybridized carbons (Fsp3) is 0.278. The third-order valence-electron chi connectivity index (χ3n) is 3.98. The highest BCUT2D eigenvalue weighted by molar-refractivity contribution is 6.08. The summed E-state index contributed by atoms with van der Waals surface area (Å²) in [4.78, 5) is 14.6. The van der Waals surface area contributed by atoms with E-state index in [1.807, 2.05) is 19.1 Å². The highest BCUT2D eigenvalue weighted by atomic mass is 16.3. The number of phenolic OH excluding ortho intramolecular Hbond substituents is 1. The molecule has 1 aliphatic rings. The first-order chi connectivity index (χ1) is 10.1. The molecule has 3 rings (SSSR count). The molecule has 0 spiro atoms. The van der Waals surface area contributed by atoms with E-state index in [1.54, 1.807) is 23.1 Å². The predicted molar refractivity (Wildman–Crippen MR) is 84.0 cm³/mol. The van der Waals surface area contributed by atoms with Gasteiger partial charge in [0.25, 0.3) is 5.91 Å². The molecule has 1 N–H and O–H groups in total. The summed E-state index contributed by atoms with van der Waals surface area (Å²) in [5.41, 5.74) is 4.74. The molecule has 0 unspecified atom stereocenters. The summed E-state index contributed by atoms with van der Waals surface area (Å²) in [7, 11) is 0. The van der Waals surface area contributed by atoms with Crippen molar-refractivity contribution in [3.8, 4) is 5.75 Å². The van der Waals surface area contributed by atoms with Gasteiger partial charge < -0.3 is 10.0 Å². The number of carbonyl (C=O) groups excluding carboxylic acids is 1. The standard InChI is InChI=1S/C18H19NO2/c1-12-5-7-16-14(10-12)4-3-9-19(16)18(21)15-11-13(2)6-8-17(15)20/h5-8,10-11,20H,3-4,9H2,1-2H3. The number of amides is 1. The fourth-order valence-electron chi connectivity index (χ4n) is 2.90. The number of fused-ring (bicyclic) bond motifs is 1. The van der Waals surface area contributed by atoms with Crippen LogP contribution < -0.4 is 4.90 Å². The first-order valence-corrected chi connectivity index (χ1v) is 7.27. The Morgan fingerprint density at radius 3 is 2.62 bits per heavy atom. The van der Waals surface area contributed by atoms with Gasteiger partial charge in [-0.1, -0.05) is 29.3 Å². The van der Waals surface area contributed by atoms with Crippen molar-refractivity contribution in [2.75, 3.05) is 11.4 Å². The molecule has 0 aromatic heterocycles. The summed E-state index contributed by atoms with van der Waals surface area (Å²) >= 11 is 0. The maximum absolute atomic E-state index is 12.8. The topological polar surface area (TPSA) is 40.5 Å². The van der Waals surface area contributed by atoms with Crippen molar-refractivity contribution in [2.24, 2.45) is 0 Å². The normalized spacial score (nSPS) is 13.9. The van der Waals surface area contributed by atoms with Crippen LogP contribution in [0.15, 0.2) is 36.4 Å². The Kier molecular flexibility index (Phi) is 3.42. The molecule has 0 aliphatic carbocycles. The number of anilines is 1. The van der Waals surface area contributed by atoms with Crippen LogP contribution in [0.3, 0.4) is 0 Å². The third-order valence-corrected chi connectivity index (χ3v) is 3.98. The van der Waals surface area contributed by atoms with Crippen LogP contribution in [-0.4, -0.2) is 17.6 Å². The summed E-state index contributed by atoms with van der Waals surface area (Å²) in [5.74, 6) is -0.0779. The predicted octanol–water partition coefficient (Wildman–Crippen LogP) is 3.60. The molecule has 1 amide bonds. The maximum atomic E-state index is 12.8. The van der Waals surface area contributed by atoms with Crippen LogP contribution in [0.5, 0.6) is 5.75 Å². The largest absolute Gasteiger partial charge is 0.507 e. The molecule has 1 heterocycles. The Balaban J connectivity index is 2.02. The van der Waals surface area contributed by atoms with Crippen molar-refractivity contribution in [1.29, 1.82) is 0 Å². The number of aromatic hydroxyl groups is 1. The van der Waals surface area contributed by atoms with Gasteiger partial charge in [0, 0.05) is 12.2 Å². The molecule has 0 saturated carbocycles. The van der Waals surface area contributed by atoms with E-state index in [0.29, 0.717) is 12.1 Å². The van der Waals surface area contributed by atoms with Crippen molar-refractivity contribution < 1.29 is 9.90 Å². The van der Waals surface area contributed by atoms with Gasteiger partial charge in [-0.3, -0.25) is 4.79 Å². The second-order valence-electron chi connectivity index (χ2n) is 5.71. The third kappa shape index (κ3) is 2.51. The van der Waals surface area contributed by atoms with Crippen molar-refractivity contribution in [2.45, 2.75) is 26.7 Å². The van der Waals surface area contributed by atoms with Crippen LogP contribution in [0.25, 0.3) is 0 Å². The zero-order valence-electron chi connectivity index (χ0n) is 12.4. The molecule has 3 nitrogen and oxygen atoms in total. The summed E-state index contributed by atoms with van der Waals surface area (Å²) in [6.45, 7) is 4.68. The molecule has 1 aliphatic heterocycles. The van der Waals surface area contributed by atoms with E-state index in [9.17, 15) is 9.90 Å². The van der Waals surface area contributed by atoms with E-state index in [2.05, 4.69) is 13.0 Å². The first-order valence-electron chi connectivity index (χ1n) is 7.27. The summed E-state index contributed by atoms with van der Waals surface area (Å²) < 4.78 is 0. The van der Waals surface area contributed by atoms with Crippen LogP contribution in [0.2, 0.25) is 0 Å². The van der Waals surface area contributed by atoms with Gasteiger partial charge in [-0.25, -0.2) is 0 Å². The Hall–Kier alpha value is -2.29.